The molecule has 0 atom stereocenters. The SMILES string of the molecule is Cc1c(N)cc(B(O)O)cc1C(=O)O. The van der Waals surface area contributed by atoms with Gasteiger partial charge >= 0.3 is 13.1 Å². The van der Waals surface area contributed by atoms with Gasteiger partial charge < -0.3 is 20.9 Å². The van der Waals surface area contributed by atoms with Crippen LogP contribution in [0.1, 0.15) is 15.9 Å². The molecule has 1 aromatic carbocycles. The van der Waals surface area contributed by atoms with Gasteiger partial charge in [0, 0.05) is 5.69 Å². The first-order valence-corrected chi connectivity index (χ1v) is 3.93. The fourth-order valence-corrected chi connectivity index (χ4v) is 1.13. The Hall–Kier alpha value is -1.53. The first-order valence-electron chi connectivity index (χ1n) is 3.93. The van der Waals surface area contributed by atoms with Crippen molar-refractivity contribution in [1.29, 1.82) is 0 Å². The number of hydrogen-bond donors (Lipinski definition) is 4. The van der Waals surface area contributed by atoms with Crippen LogP contribution in [0.25, 0.3) is 0 Å². The summed E-state index contributed by atoms with van der Waals surface area (Å²) in [7, 11) is -1.71. The molecule has 0 heterocycles. The van der Waals surface area contributed by atoms with Crippen LogP contribution in [0.2, 0.25) is 0 Å². The van der Waals surface area contributed by atoms with Crippen molar-refractivity contribution in [1.82, 2.24) is 0 Å². The molecule has 0 amide bonds. The molecule has 0 saturated heterocycles. The van der Waals surface area contributed by atoms with Crippen LogP contribution in [0.15, 0.2) is 12.1 Å². The summed E-state index contributed by atoms with van der Waals surface area (Å²) in [6, 6.07) is 2.53. The molecular formula is C8H10BNO4. The molecule has 0 unspecified atom stereocenters. The molecule has 1 aromatic rings. The Balaban J connectivity index is 3.35. The van der Waals surface area contributed by atoms with Gasteiger partial charge in [-0.05, 0) is 30.1 Å². The highest BCUT2D eigenvalue weighted by atomic mass is 16.4. The van der Waals surface area contributed by atoms with Crippen molar-refractivity contribution in [2.75, 3.05) is 5.73 Å². The Morgan fingerprint density at radius 3 is 2.43 bits per heavy atom. The number of hydrogen-bond acceptors (Lipinski definition) is 4. The van der Waals surface area contributed by atoms with Gasteiger partial charge in [0.1, 0.15) is 0 Å². The van der Waals surface area contributed by atoms with E-state index in [0.717, 1.165) is 0 Å². The first kappa shape index (κ1) is 10.6. The lowest BCUT2D eigenvalue weighted by Gasteiger charge is -2.08. The molecule has 5 nitrogen and oxygen atoms in total. The molecule has 0 aliphatic carbocycles. The second-order valence-electron chi connectivity index (χ2n) is 2.96. The molecule has 14 heavy (non-hydrogen) atoms. The van der Waals surface area contributed by atoms with Crippen molar-refractivity contribution in [3.63, 3.8) is 0 Å². The first-order chi connectivity index (χ1) is 6.43. The number of carboxylic acids is 1. The third-order valence-corrected chi connectivity index (χ3v) is 2.00. The normalized spacial score (nSPS) is 9.93. The maximum Gasteiger partial charge on any atom is 0.488 e. The predicted octanol–water partition coefficient (Wildman–Crippen LogP) is -1.04. The number of carbonyl (C=O) groups is 1. The number of anilines is 1. The topological polar surface area (TPSA) is 104 Å². The van der Waals surface area contributed by atoms with E-state index in [9.17, 15) is 4.79 Å². The van der Waals surface area contributed by atoms with E-state index in [-0.39, 0.29) is 16.7 Å². The highest BCUT2D eigenvalue weighted by Crippen LogP contribution is 2.14. The molecule has 1 rings (SSSR count). The zero-order chi connectivity index (χ0) is 10.9. The molecule has 0 saturated carbocycles. The maximum absolute atomic E-state index is 10.7. The van der Waals surface area contributed by atoms with E-state index < -0.39 is 13.1 Å². The fraction of sp³-hybridized carbons (Fsp3) is 0.125. The van der Waals surface area contributed by atoms with Crippen molar-refractivity contribution in [2.24, 2.45) is 0 Å². The molecule has 0 fully saturated rings. The van der Waals surface area contributed by atoms with Gasteiger partial charge in [-0.2, -0.15) is 0 Å². The van der Waals surface area contributed by atoms with Gasteiger partial charge in [0.25, 0.3) is 0 Å². The molecule has 0 bridgehead atoms. The van der Waals surface area contributed by atoms with Crippen molar-refractivity contribution in [2.45, 2.75) is 6.92 Å². The summed E-state index contributed by atoms with van der Waals surface area (Å²) < 4.78 is 0. The smallest absolute Gasteiger partial charge is 0.478 e. The van der Waals surface area contributed by atoms with E-state index in [1.807, 2.05) is 0 Å². The summed E-state index contributed by atoms with van der Waals surface area (Å²) in [5.41, 5.74) is 6.21. The maximum atomic E-state index is 10.7. The van der Waals surface area contributed by atoms with Crippen LogP contribution in [-0.4, -0.2) is 28.2 Å². The Labute approximate surface area is 80.9 Å². The van der Waals surface area contributed by atoms with Crippen LogP contribution in [0, 0.1) is 6.92 Å². The summed E-state index contributed by atoms with van der Waals surface area (Å²) in [5.74, 6) is -1.14. The minimum atomic E-state index is -1.71. The van der Waals surface area contributed by atoms with E-state index in [4.69, 9.17) is 20.9 Å². The zero-order valence-electron chi connectivity index (χ0n) is 7.56. The molecule has 74 valence electrons. The van der Waals surface area contributed by atoms with Crippen LogP contribution < -0.4 is 11.2 Å². The lowest BCUT2D eigenvalue weighted by molar-refractivity contribution is 0.0696. The van der Waals surface area contributed by atoms with E-state index in [1.165, 1.54) is 12.1 Å². The highest BCUT2D eigenvalue weighted by molar-refractivity contribution is 6.58. The summed E-state index contributed by atoms with van der Waals surface area (Å²) in [4.78, 5) is 10.7. The lowest BCUT2D eigenvalue weighted by atomic mass is 9.78. The molecule has 0 aliphatic rings. The van der Waals surface area contributed by atoms with Gasteiger partial charge in [0.15, 0.2) is 0 Å². The molecule has 6 heteroatoms. The van der Waals surface area contributed by atoms with Crippen LogP contribution in [-0.2, 0) is 0 Å². The summed E-state index contributed by atoms with van der Waals surface area (Å²) >= 11 is 0. The van der Waals surface area contributed by atoms with Gasteiger partial charge in [0.05, 0.1) is 5.56 Å². The molecule has 5 N–H and O–H groups in total. The van der Waals surface area contributed by atoms with Crippen LogP contribution in [0.3, 0.4) is 0 Å². The van der Waals surface area contributed by atoms with Crippen LogP contribution in [0.5, 0.6) is 0 Å². The number of carboxylic acid groups (broad SMARTS) is 1. The van der Waals surface area contributed by atoms with Crippen molar-refractivity contribution < 1.29 is 19.9 Å². The average Bonchev–Trinajstić information content (AvgIpc) is 2.08. The fourth-order valence-electron chi connectivity index (χ4n) is 1.13. The lowest BCUT2D eigenvalue weighted by Crippen LogP contribution is -2.31. The number of aromatic carboxylic acids is 1. The van der Waals surface area contributed by atoms with Crippen LogP contribution >= 0.6 is 0 Å². The largest absolute Gasteiger partial charge is 0.488 e. The minimum absolute atomic E-state index is 0.0203. The van der Waals surface area contributed by atoms with Gasteiger partial charge in [0.2, 0.25) is 0 Å². The number of benzene rings is 1. The van der Waals surface area contributed by atoms with Gasteiger partial charge in [-0.25, -0.2) is 4.79 Å². The van der Waals surface area contributed by atoms with Crippen molar-refractivity contribution in [3.8, 4) is 0 Å². The second-order valence-corrected chi connectivity index (χ2v) is 2.96. The third kappa shape index (κ3) is 1.86. The average molecular weight is 195 g/mol. The monoisotopic (exact) mass is 195 g/mol. The number of nitrogens with two attached hydrogens (primary N) is 1. The molecule has 0 aromatic heterocycles. The van der Waals surface area contributed by atoms with Gasteiger partial charge in [-0.1, -0.05) is 0 Å². The van der Waals surface area contributed by atoms with Gasteiger partial charge in [-0.3, -0.25) is 0 Å². The van der Waals surface area contributed by atoms with Crippen LogP contribution in [0.4, 0.5) is 5.69 Å². The molecular weight excluding hydrogens is 185 g/mol. The summed E-state index contributed by atoms with van der Waals surface area (Å²) in [6.07, 6.45) is 0. The predicted molar refractivity (Wildman–Crippen MR) is 52.4 cm³/mol. The Morgan fingerprint density at radius 2 is 2.00 bits per heavy atom. The molecule has 0 aliphatic heterocycles. The van der Waals surface area contributed by atoms with E-state index in [2.05, 4.69) is 0 Å². The van der Waals surface area contributed by atoms with E-state index in [1.54, 1.807) is 6.92 Å². The highest BCUT2D eigenvalue weighted by Gasteiger charge is 2.17. The van der Waals surface area contributed by atoms with Crippen molar-refractivity contribution in [3.05, 3.63) is 23.3 Å². The van der Waals surface area contributed by atoms with E-state index in [0.29, 0.717) is 5.56 Å². The molecule has 0 spiro atoms. The van der Waals surface area contributed by atoms with Gasteiger partial charge in [-0.15, -0.1) is 0 Å². The molecule has 0 radical (unpaired) electrons. The number of nitrogen functional groups attached to an aromatic ring is 1. The summed E-state index contributed by atoms with van der Waals surface area (Å²) in [5, 5.41) is 26.5. The zero-order valence-corrected chi connectivity index (χ0v) is 7.56. The Morgan fingerprint density at radius 1 is 1.43 bits per heavy atom. The Kier molecular flexibility index (Phi) is 2.78. The quantitative estimate of drug-likeness (QED) is 0.356. The Bertz CT molecular complexity index is 378. The number of rotatable bonds is 2. The summed E-state index contributed by atoms with van der Waals surface area (Å²) in [6.45, 7) is 1.56. The second kappa shape index (κ2) is 3.69. The van der Waals surface area contributed by atoms with E-state index >= 15 is 0 Å². The minimum Gasteiger partial charge on any atom is -0.478 e. The third-order valence-electron chi connectivity index (χ3n) is 2.00. The standard InChI is InChI=1S/C8H10BNO4/c1-4-6(8(11)12)2-5(9(13)14)3-7(4)10/h2-3,13-14H,10H2,1H3,(H,11,12). The van der Waals surface area contributed by atoms with Crippen molar-refractivity contribution >= 4 is 24.2 Å².